The largest absolute Gasteiger partial charge is 0.310 e. The maximum absolute atomic E-state index is 3.68. The Labute approximate surface area is 135 Å². The monoisotopic (exact) mass is 401 g/mol. The van der Waals surface area contributed by atoms with Crippen molar-refractivity contribution in [3.05, 3.63) is 55.1 Å². The summed E-state index contributed by atoms with van der Waals surface area (Å²) in [4.78, 5) is 0. The van der Waals surface area contributed by atoms with Crippen molar-refractivity contribution in [2.75, 3.05) is 6.54 Å². The van der Waals surface area contributed by atoms with Crippen LogP contribution in [0.5, 0.6) is 0 Å². The summed E-state index contributed by atoms with van der Waals surface area (Å²) in [5, 5.41) is 8.01. The van der Waals surface area contributed by atoms with Crippen molar-refractivity contribution < 1.29 is 0 Å². The molecule has 0 saturated carbocycles. The summed E-state index contributed by atoms with van der Waals surface area (Å²) in [6, 6.07) is 8.97. The Kier molecular flexibility index (Phi) is 6.07. The fourth-order valence-electron chi connectivity index (χ4n) is 2.04. The smallest absolute Gasteiger partial charge is 0.0372 e. The zero-order valence-electron chi connectivity index (χ0n) is 10.8. The average Bonchev–Trinajstić information content (AvgIpc) is 2.88. The van der Waals surface area contributed by atoms with Crippen LogP contribution in [0, 0.1) is 0 Å². The third-order valence-electron chi connectivity index (χ3n) is 3.00. The fourth-order valence-corrected chi connectivity index (χ4v) is 4.04. The number of halogens is 2. The molecule has 1 aromatic heterocycles. The molecule has 0 amide bonds. The van der Waals surface area contributed by atoms with Gasteiger partial charge in [-0.1, -0.05) is 44.8 Å². The van der Waals surface area contributed by atoms with Gasteiger partial charge in [0.2, 0.25) is 0 Å². The van der Waals surface area contributed by atoms with Crippen LogP contribution in [0.2, 0.25) is 0 Å². The fraction of sp³-hybridized carbons (Fsp3) is 0.333. The Hall–Kier alpha value is -0.160. The second-order valence-corrected chi connectivity index (χ2v) is 7.06. The van der Waals surface area contributed by atoms with E-state index in [1.54, 1.807) is 11.3 Å². The van der Waals surface area contributed by atoms with Crippen molar-refractivity contribution in [3.63, 3.8) is 0 Å². The second kappa shape index (κ2) is 7.58. The third kappa shape index (κ3) is 4.42. The normalized spacial score (nSPS) is 12.6. The van der Waals surface area contributed by atoms with E-state index < -0.39 is 0 Å². The number of hydrogen-bond acceptors (Lipinski definition) is 2. The quantitative estimate of drug-likeness (QED) is 0.667. The molecule has 2 rings (SSSR count). The first kappa shape index (κ1) is 15.2. The van der Waals surface area contributed by atoms with Crippen LogP contribution >= 0.6 is 43.2 Å². The van der Waals surface area contributed by atoms with E-state index in [2.05, 4.69) is 79.1 Å². The lowest BCUT2D eigenvalue weighted by Gasteiger charge is -2.20. The number of hydrogen-bond donors (Lipinski definition) is 1. The molecule has 0 fully saturated rings. The van der Waals surface area contributed by atoms with E-state index in [0.29, 0.717) is 6.04 Å². The molecule has 102 valence electrons. The first-order valence-electron chi connectivity index (χ1n) is 6.40. The highest BCUT2D eigenvalue weighted by atomic mass is 79.9. The predicted octanol–water partition coefficient (Wildman–Crippen LogP) is 5.56. The number of benzene rings is 1. The van der Waals surface area contributed by atoms with E-state index in [1.165, 1.54) is 11.1 Å². The van der Waals surface area contributed by atoms with E-state index >= 15 is 0 Å². The minimum atomic E-state index is 0.358. The topological polar surface area (TPSA) is 12.0 Å². The van der Waals surface area contributed by atoms with E-state index in [9.17, 15) is 0 Å². The molecule has 19 heavy (non-hydrogen) atoms. The summed E-state index contributed by atoms with van der Waals surface area (Å²) < 4.78 is 2.26. The Morgan fingerprint density at radius 1 is 1.26 bits per heavy atom. The summed E-state index contributed by atoms with van der Waals surface area (Å²) in [6.07, 6.45) is 2.18. The first-order chi connectivity index (χ1) is 9.20. The Balaban J connectivity index is 2.20. The van der Waals surface area contributed by atoms with Crippen molar-refractivity contribution >= 4 is 43.2 Å². The molecule has 0 bridgehead atoms. The number of thiophene rings is 1. The molecule has 0 radical (unpaired) electrons. The molecule has 0 spiro atoms. The lowest BCUT2D eigenvalue weighted by Crippen LogP contribution is -2.24. The average molecular weight is 403 g/mol. The summed E-state index contributed by atoms with van der Waals surface area (Å²) in [6.45, 7) is 3.24. The van der Waals surface area contributed by atoms with Gasteiger partial charge in [0.1, 0.15) is 0 Å². The highest BCUT2D eigenvalue weighted by molar-refractivity contribution is 9.11. The van der Waals surface area contributed by atoms with Gasteiger partial charge in [-0.15, -0.1) is 0 Å². The number of rotatable bonds is 6. The SMILES string of the molecule is CCCNC(Cc1ccsc1)c1ccc(Br)cc1Br. The van der Waals surface area contributed by atoms with Crippen LogP contribution in [-0.4, -0.2) is 6.54 Å². The van der Waals surface area contributed by atoms with Crippen molar-refractivity contribution in [2.45, 2.75) is 25.8 Å². The Morgan fingerprint density at radius 2 is 2.11 bits per heavy atom. The van der Waals surface area contributed by atoms with Crippen LogP contribution in [-0.2, 0) is 6.42 Å². The molecule has 1 unspecified atom stereocenters. The second-order valence-electron chi connectivity index (χ2n) is 4.51. The van der Waals surface area contributed by atoms with Crippen molar-refractivity contribution in [1.29, 1.82) is 0 Å². The molecule has 0 aliphatic rings. The Morgan fingerprint density at radius 3 is 2.74 bits per heavy atom. The summed E-state index contributed by atoms with van der Waals surface area (Å²) in [5.74, 6) is 0. The van der Waals surface area contributed by atoms with Gasteiger partial charge >= 0.3 is 0 Å². The van der Waals surface area contributed by atoms with Gasteiger partial charge in [0.15, 0.2) is 0 Å². The predicted molar refractivity (Wildman–Crippen MR) is 90.9 cm³/mol. The minimum absolute atomic E-state index is 0.358. The lowest BCUT2D eigenvalue weighted by molar-refractivity contribution is 0.528. The molecule has 0 aliphatic carbocycles. The summed E-state index contributed by atoms with van der Waals surface area (Å²) in [7, 11) is 0. The van der Waals surface area contributed by atoms with E-state index in [-0.39, 0.29) is 0 Å². The molecule has 1 heterocycles. The summed E-state index contributed by atoms with van der Waals surface area (Å²) >= 11 is 8.95. The van der Waals surface area contributed by atoms with Crippen LogP contribution < -0.4 is 5.32 Å². The van der Waals surface area contributed by atoms with Crippen molar-refractivity contribution in [2.24, 2.45) is 0 Å². The van der Waals surface area contributed by atoms with Gasteiger partial charge in [0.25, 0.3) is 0 Å². The van der Waals surface area contributed by atoms with Crippen LogP contribution in [0.1, 0.15) is 30.5 Å². The zero-order chi connectivity index (χ0) is 13.7. The molecule has 1 nitrogen and oxygen atoms in total. The van der Waals surface area contributed by atoms with Gasteiger partial charge in [0, 0.05) is 15.0 Å². The molecular weight excluding hydrogens is 386 g/mol. The van der Waals surface area contributed by atoms with Gasteiger partial charge in [-0.05, 0) is 59.5 Å². The van der Waals surface area contributed by atoms with Gasteiger partial charge < -0.3 is 5.32 Å². The molecule has 1 N–H and O–H groups in total. The van der Waals surface area contributed by atoms with Crippen LogP contribution in [0.3, 0.4) is 0 Å². The van der Waals surface area contributed by atoms with Crippen LogP contribution in [0.15, 0.2) is 44.0 Å². The van der Waals surface area contributed by atoms with Crippen molar-refractivity contribution in [3.8, 4) is 0 Å². The molecule has 4 heteroatoms. The van der Waals surface area contributed by atoms with E-state index in [4.69, 9.17) is 0 Å². The maximum Gasteiger partial charge on any atom is 0.0372 e. The number of nitrogens with one attached hydrogen (secondary N) is 1. The maximum atomic E-state index is 3.68. The van der Waals surface area contributed by atoms with Gasteiger partial charge in [-0.3, -0.25) is 0 Å². The first-order valence-corrected chi connectivity index (χ1v) is 8.93. The molecule has 2 aromatic rings. The molecule has 0 saturated heterocycles. The molecular formula is C15H17Br2NS. The van der Waals surface area contributed by atoms with Crippen molar-refractivity contribution in [1.82, 2.24) is 5.32 Å². The van der Waals surface area contributed by atoms with Gasteiger partial charge in [0.05, 0.1) is 0 Å². The standard InChI is InChI=1S/C15H17Br2NS/c1-2-6-18-15(8-11-5-7-19-10-11)13-4-3-12(16)9-14(13)17/h3-5,7,9-10,15,18H,2,6,8H2,1H3. The molecule has 1 aromatic carbocycles. The zero-order valence-corrected chi connectivity index (χ0v) is 14.8. The highest BCUT2D eigenvalue weighted by Crippen LogP contribution is 2.29. The summed E-state index contributed by atoms with van der Waals surface area (Å²) in [5.41, 5.74) is 2.72. The van der Waals surface area contributed by atoms with Gasteiger partial charge in [-0.25, -0.2) is 0 Å². The Bertz CT molecular complexity index is 511. The van der Waals surface area contributed by atoms with Gasteiger partial charge in [-0.2, -0.15) is 11.3 Å². The third-order valence-corrected chi connectivity index (χ3v) is 4.91. The van der Waals surface area contributed by atoms with E-state index in [0.717, 1.165) is 28.3 Å². The highest BCUT2D eigenvalue weighted by Gasteiger charge is 2.15. The van der Waals surface area contributed by atoms with Crippen LogP contribution in [0.25, 0.3) is 0 Å². The van der Waals surface area contributed by atoms with Crippen LogP contribution in [0.4, 0.5) is 0 Å². The molecule has 1 atom stereocenters. The molecule has 0 aliphatic heterocycles. The van der Waals surface area contributed by atoms with E-state index in [1.807, 2.05) is 0 Å². The minimum Gasteiger partial charge on any atom is -0.310 e. The lowest BCUT2D eigenvalue weighted by atomic mass is 10.0.